The number of halogens is 1. The molecule has 3 rings (SSSR count). The van der Waals surface area contributed by atoms with Gasteiger partial charge < -0.3 is 10.6 Å². The second kappa shape index (κ2) is 4.12. The fourth-order valence-corrected chi connectivity index (χ4v) is 3.19. The second-order valence-corrected chi connectivity index (χ2v) is 5.85. The third-order valence-corrected chi connectivity index (χ3v) is 4.10. The van der Waals surface area contributed by atoms with Gasteiger partial charge in [-0.3, -0.25) is 4.79 Å². The number of hydrogen-bond donors (Lipinski definition) is 2. The molecule has 2 unspecified atom stereocenters. The molecule has 2 atom stereocenters. The molecule has 1 aromatic rings. The van der Waals surface area contributed by atoms with Gasteiger partial charge in [-0.15, -0.1) is 0 Å². The van der Waals surface area contributed by atoms with Crippen LogP contribution in [0.25, 0.3) is 0 Å². The number of fused-ring (bicyclic) bond motifs is 1. The van der Waals surface area contributed by atoms with Crippen LogP contribution in [0.5, 0.6) is 0 Å². The van der Waals surface area contributed by atoms with E-state index in [1.807, 2.05) is 0 Å². The highest BCUT2D eigenvalue weighted by Gasteiger charge is 2.45. The Morgan fingerprint density at radius 3 is 3.17 bits per heavy atom. The molecule has 1 aromatic heterocycles. The van der Waals surface area contributed by atoms with Crippen molar-refractivity contribution in [1.82, 2.24) is 4.98 Å². The first-order valence-electron chi connectivity index (χ1n) is 6.34. The molecule has 1 aliphatic heterocycles. The van der Waals surface area contributed by atoms with Crippen LogP contribution in [0.4, 0.5) is 11.5 Å². The van der Waals surface area contributed by atoms with Gasteiger partial charge >= 0.3 is 0 Å². The summed E-state index contributed by atoms with van der Waals surface area (Å²) in [5.41, 5.74) is 0.197. The molecule has 2 aliphatic rings. The van der Waals surface area contributed by atoms with E-state index in [1.165, 1.54) is 6.42 Å². The van der Waals surface area contributed by atoms with Crippen LogP contribution in [-0.4, -0.2) is 16.4 Å². The average molecular weight is 266 g/mol. The lowest BCUT2D eigenvalue weighted by molar-refractivity contribution is -0.122. The Balaban J connectivity index is 1.96. The van der Waals surface area contributed by atoms with Gasteiger partial charge in [-0.25, -0.2) is 4.98 Å². The molecule has 0 radical (unpaired) electrons. The van der Waals surface area contributed by atoms with Crippen molar-refractivity contribution in [3.8, 4) is 0 Å². The van der Waals surface area contributed by atoms with Crippen LogP contribution in [-0.2, 0) is 4.79 Å². The lowest BCUT2D eigenvalue weighted by Gasteiger charge is -2.42. The van der Waals surface area contributed by atoms with Crippen LogP contribution in [0.2, 0.25) is 5.02 Å². The van der Waals surface area contributed by atoms with E-state index >= 15 is 0 Å². The lowest BCUT2D eigenvalue weighted by Crippen LogP contribution is -2.55. The van der Waals surface area contributed by atoms with Crippen molar-refractivity contribution in [3.05, 3.63) is 17.3 Å². The summed E-state index contributed by atoms with van der Waals surface area (Å²) in [5.74, 6) is 1.34. The predicted octanol–water partition coefficient (Wildman–Crippen LogP) is 3.05. The zero-order valence-corrected chi connectivity index (χ0v) is 11.0. The molecule has 0 bridgehead atoms. The molecule has 5 heteroatoms. The molecule has 1 amide bonds. The van der Waals surface area contributed by atoms with Crippen LogP contribution in [0.15, 0.2) is 12.3 Å². The Hall–Kier alpha value is -1.29. The number of nitrogens with one attached hydrogen (secondary N) is 2. The summed E-state index contributed by atoms with van der Waals surface area (Å²) >= 11 is 5.88. The van der Waals surface area contributed by atoms with Gasteiger partial charge in [0, 0.05) is 6.20 Å². The van der Waals surface area contributed by atoms with Gasteiger partial charge in [0.2, 0.25) is 5.91 Å². The van der Waals surface area contributed by atoms with Gasteiger partial charge in [0.25, 0.3) is 0 Å². The van der Waals surface area contributed by atoms with Crippen molar-refractivity contribution in [1.29, 1.82) is 0 Å². The SMILES string of the molecule is CC1CCCC2(C1)Nc1ncc(Cl)cc1NC2=O. The van der Waals surface area contributed by atoms with Gasteiger partial charge in [-0.1, -0.05) is 31.4 Å². The fraction of sp³-hybridized carbons (Fsp3) is 0.538. The average Bonchev–Trinajstić information content (AvgIpc) is 2.31. The fourth-order valence-electron chi connectivity index (χ4n) is 3.03. The second-order valence-electron chi connectivity index (χ2n) is 5.41. The zero-order valence-electron chi connectivity index (χ0n) is 10.3. The Morgan fingerprint density at radius 1 is 1.56 bits per heavy atom. The van der Waals surface area contributed by atoms with Crippen LogP contribution in [0.3, 0.4) is 0 Å². The third-order valence-electron chi connectivity index (χ3n) is 3.89. The number of rotatable bonds is 0. The summed E-state index contributed by atoms with van der Waals surface area (Å²) in [7, 11) is 0. The molecule has 0 saturated heterocycles. The van der Waals surface area contributed by atoms with E-state index in [1.54, 1.807) is 12.3 Å². The molecule has 4 nitrogen and oxygen atoms in total. The minimum absolute atomic E-state index is 0.0469. The summed E-state index contributed by atoms with van der Waals surface area (Å²) in [4.78, 5) is 16.6. The number of hydrogen-bond acceptors (Lipinski definition) is 3. The first kappa shape index (κ1) is 11.8. The highest BCUT2D eigenvalue weighted by atomic mass is 35.5. The molecule has 1 spiro atoms. The summed E-state index contributed by atoms with van der Waals surface area (Å²) < 4.78 is 0. The van der Waals surface area contributed by atoms with E-state index in [0.717, 1.165) is 25.1 Å². The number of carbonyl (C=O) groups is 1. The van der Waals surface area contributed by atoms with Crippen LogP contribution < -0.4 is 10.6 Å². The third kappa shape index (κ3) is 1.85. The number of aromatic nitrogens is 1. The molecule has 2 N–H and O–H groups in total. The van der Waals surface area contributed by atoms with Crippen molar-refractivity contribution in [3.63, 3.8) is 0 Å². The Labute approximate surface area is 111 Å². The number of carbonyl (C=O) groups excluding carboxylic acids is 1. The number of amides is 1. The standard InChI is InChI=1S/C13H16ClN3O/c1-8-3-2-4-13(6-8)12(18)16-10-5-9(14)7-15-11(10)17-13/h5,7-8H,2-4,6H2,1H3,(H,15,17)(H,16,18). The summed E-state index contributed by atoms with van der Waals surface area (Å²) in [6.45, 7) is 2.20. The van der Waals surface area contributed by atoms with Crippen LogP contribution >= 0.6 is 11.6 Å². The largest absolute Gasteiger partial charge is 0.354 e. The van der Waals surface area contributed by atoms with Crippen molar-refractivity contribution in [2.45, 2.75) is 38.1 Å². The van der Waals surface area contributed by atoms with E-state index in [0.29, 0.717) is 16.6 Å². The highest BCUT2D eigenvalue weighted by Crippen LogP contribution is 2.40. The number of nitrogens with zero attached hydrogens (tertiary/aromatic N) is 1. The maximum absolute atomic E-state index is 12.3. The van der Waals surface area contributed by atoms with Gasteiger partial charge in [0.05, 0.1) is 10.7 Å². The summed E-state index contributed by atoms with van der Waals surface area (Å²) in [5, 5.41) is 6.80. The van der Waals surface area contributed by atoms with E-state index in [-0.39, 0.29) is 5.91 Å². The highest BCUT2D eigenvalue weighted by molar-refractivity contribution is 6.31. The van der Waals surface area contributed by atoms with Crippen molar-refractivity contribution in [2.75, 3.05) is 10.6 Å². The molecule has 18 heavy (non-hydrogen) atoms. The van der Waals surface area contributed by atoms with E-state index in [2.05, 4.69) is 22.5 Å². The molecule has 1 aliphatic carbocycles. The smallest absolute Gasteiger partial charge is 0.250 e. The minimum Gasteiger partial charge on any atom is -0.354 e. The maximum atomic E-state index is 12.3. The summed E-state index contributed by atoms with van der Waals surface area (Å²) in [6.07, 6.45) is 5.60. The number of anilines is 2. The molecule has 96 valence electrons. The van der Waals surface area contributed by atoms with E-state index in [4.69, 9.17) is 11.6 Å². The topological polar surface area (TPSA) is 54.0 Å². The molecule has 1 fully saturated rings. The molecule has 2 heterocycles. The lowest BCUT2D eigenvalue weighted by atomic mass is 9.75. The normalized spacial score (nSPS) is 30.6. The quantitative estimate of drug-likeness (QED) is 0.758. The first-order chi connectivity index (χ1) is 8.59. The molecule has 1 saturated carbocycles. The van der Waals surface area contributed by atoms with Gasteiger partial charge in [0.15, 0.2) is 5.82 Å². The first-order valence-corrected chi connectivity index (χ1v) is 6.72. The molecular weight excluding hydrogens is 250 g/mol. The predicted molar refractivity (Wildman–Crippen MR) is 71.9 cm³/mol. The summed E-state index contributed by atoms with van der Waals surface area (Å²) in [6, 6.07) is 1.73. The van der Waals surface area contributed by atoms with Gasteiger partial charge in [-0.2, -0.15) is 0 Å². The molecular formula is C13H16ClN3O. The maximum Gasteiger partial charge on any atom is 0.250 e. The zero-order chi connectivity index (χ0) is 12.8. The Morgan fingerprint density at radius 2 is 2.39 bits per heavy atom. The monoisotopic (exact) mass is 265 g/mol. The number of pyridine rings is 1. The molecule has 0 aromatic carbocycles. The van der Waals surface area contributed by atoms with Crippen molar-refractivity contribution < 1.29 is 4.79 Å². The Kier molecular flexibility index (Phi) is 2.70. The minimum atomic E-state index is -0.481. The van der Waals surface area contributed by atoms with Crippen molar-refractivity contribution in [2.24, 2.45) is 5.92 Å². The van der Waals surface area contributed by atoms with Gasteiger partial charge in [0.1, 0.15) is 5.54 Å². The van der Waals surface area contributed by atoms with E-state index < -0.39 is 5.54 Å². The van der Waals surface area contributed by atoms with Crippen LogP contribution in [0, 0.1) is 5.92 Å². The Bertz CT molecular complexity index is 505. The van der Waals surface area contributed by atoms with Gasteiger partial charge in [-0.05, 0) is 24.8 Å². The van der Waals surface area contributed by atoms with Crippen LogP contribution in [0.1, 0.15) is 32.6 Å². The van der Waals surface area contributed by atoms with E-state index in [9.17, 15) is 4.79 Å². The van der Waals surface area contributed by atoms with Crippen molar-refractivity contribution >= 4 is 29.0 Å².